The van der Waals surface area contributed by atoms with E-state index in [9.17, 15) is 13.2 Å². The van der Waals surface area contributed by atoms with Crippen LogP contribution in [0, 0.1) is 0 Å². The molecule has 3 aliphatic rings. The Hall–Kier alpha value is -3.99. The Morgan fingerprint density at radius 3 is 2.52 bits per heavy atom. The Kier molecular flexibility index (Phi) is 5.32. The number of amides is 1. The van der Waals surface area contributed by atoms with Crippen LogP contribution in [0.5, 0.6) is 0 Å². The number of aromatic nitrogens is 4. The van der Waals surface area contributed by atoms with E-state index in [2.05, 4.69) is 10.1 Å². The number of carbonyl (C=O) groups is 1. The molecule has 4 aromatic rings. The van der Waals surface area contributed by atoms with Crippen molar-refractivity contribution in [3.8, 4) is 22.4 Å². The average Bonchev–Trinajstić information content (AvgIpc) is 3.54. The summed E-state index contributed by atoms with van der Waals surface area (Å²) in [5.41, 5.74) is 10.2. The number of hydrogen-bond acceptors (Lipinski definition) is 8. The highest BCUT2D eigenvalue weighted by Crippen LogP contribution is 2.54. The molecule has 0 radical (unpaired) electrons. The van der Waals surface area contributed by atoms with Gasteiger partial charge < -0.3 is 15.4 Å². The maximum Gasteiger partial charge on any atom is 0.410 e. The van der Waals surface area contributed by atoms with Crippen LogP contribution in [-0.2, 0) is 14.6 Å². The molecular formula is C29H30N6O4S. The molecule has 6 heterocycles. The van der Waals surface area contributed by atoms with E-state index >= 15 is 0 Å². The second-order valence-corrected chi connectivity index (χ2v) is 13.9. The number of sulfone groups is 1. The summed E-state index contributed by atoms with van der Waals surface area (Å²) in [4.78, 5) is 24.4. The normalized spacial score (nSPS) is 24.6. The number of anilines is 1. The van der Waals surface area contributed by atoms with Crippen molar-refractivity contribution >= 4 is 27.4 Å². The molecule has 0 aliphatic carbocycles. The third-order valence-corrected chi connectivity index (χ3v) is 10.6. The third-order valence-electron chi connectivity index (χ3n) is 8.25. The summed E-state index contributed by atoms with van der Waals surface area (Å²) in [5.74, 6) is -0.306. The standard InChI is InChI=1S/C29H30N6O4S/c1-29(2,3)39-28(36)34-18-10-12-22(34)24-19(13-18)23-25(40(24,37)38)26(30)35-27(33-23)20(15-32-35)17-9-11-21(31-14-17)16-7-5-4-6-8-16/h4-9,11,14-15,18-19,22,24H,10,12-13,30H2,1-3H3. The van der Waals surface area contributed by atoms with Crippen LogP contribution in [0.1, 0.15) is 51.6 Å². The number of nitrogens with zero attached hydrogens (tertiary/aromatic N) is 5. The maximum absolute atomic E-state index is 14.0. The van der Waals surface area contributed by atoms with Gasteiger partial charge in [-0.3, -0.25) is 4.98 Å². The van der Waals surface area contributed by atoms with Crippen LogP contribution in [0.25, 0.3) is 28.0 Å². The van der Waals surface area contributed by atoms with Gasteiger partial charge in [0.05, 0.1) is 28.9 Å². The summed E-state index contributed by atoms with van der Waals surface area (Å²) in [6, 6.07) is 13.2. The number of carbonyl (C=O) groups excluding carboxylic acids is 1. The minimum atomic E-state index is -3.88. The largest absolute Gasteiger partial charge is 0.444 e. The van der Waals surface area contributed by atoms with Gasteiger partial charge in [0, 0.05) is 34.8 Å². The molecule has 3 aliphatic heterocycles. The second kappa shape index (κ2) is 8.50. The Morgan fingerprint density at radius 2 is 1.82 bits per heavy atom. The van der Waals surface area contributed by atoms with E-state index in [0.29, 0.717) is 24.2 Å². The van der Waals surface area contributed by atoms with E-state index in [4.69, 9.17) is 15.5 Å². The zero-order valence-corrected chi connectivity index (χ0v) is 23.3. The summed E-state index contributed by atoms with van der Waals surface area (Å²) >= 11 is 0. The SMILES string of the molecule is CC(C)(C)OC(=O)N1C2CCC1C1C(C2)c2nc3c(-c4ccc(-c5ccccc5)nc4)cnn3c(N)c2S1(=O)=O. The predicted molar refractivity (Wildman–Crippen MR) is 149 cm³/mol. The molecule has 0 saturated carbocycles. The molecule has 40 heavy (non-hydrogen) atoms. The van der Waals surface area contributed by atoms with Crippen molar-refractivity contribution in [3.63, 3.8) is 0 Å². The minimum Gasteiger partial charge on any atom is -0.444 e. The molecule has 4 atom stereocenters. The first kappa shape index (κ1) is 25.0. The number of ether oxygens (including phenoxy) is 1. The number of rotatable bonds is 2. The lowest BCUT2D eigenvalue weighted by atomic mass is 9.88. The summed E-state index contributed by atoms with van der Waals surface area (Å²) in [5, 5.41) is 3.61. The highest BCUT2D eigenvalue weighted by Gasteiger charge is 2.61. The van der Waals surface area contributed by atoms with Crippen molar-refractivity contribution in [1.82, 2.24) is 24.5 Å². The molecule has 1 aromatic carbocycles. The summed E-state index contributed by atoms with van der Waals surface area (Å²) in [7, 11) is -3.88. The van der Waals surface area contributed by atoms with Gasteiger partial charge in [-0.25, -0.2) is 18.2 Å². The molecule has 206 valence electrons. The second-order valence-electron chi connectivity index (χ2n) is 11.8. The number of nitrogens with two attached hydrogens (primary N) is 1. The fourth-order valence-corrected chi connectivity index (χ4v) is 9.18. The van der Waals surface area contributed by atoms with Gasteiger partial charge in [-0.15, -0.1) is 0 Å². The topological polar surface area (TPSA) is 133 Å². The zero-order chi connectivity index (χ0) is 28.0. The Morgan fingerprint density at radius 1 is 1.05 bits per heavy atom. The quantitative estimate of drug-likeness (QED) is 0.382. The van der Waals surface area contributed by atoms with Crippen LogP contribution < -0.4 is 5.73 Å². The molecule has 3 aromatic heterocycles. The van der Waals surface area contributed by atoms with Gasteiger partial charge in [0.1, 0.15) is 16.3 Å². The molecule has 2 bridgehead atoms. The van der Waals surface area contributed by atoms with Gasteiger partial charge in [-0.2, -0.15) is 9.61 Å². The number of nitrogen functional groups attached to an aromatic ring is 1. The van der Waals surface area contributed by atoms with Crippen LogP contribution >= 0.6 is 0 Å². The number of pyridine rings is 1. The summed E-state index contributed by atoms with van der Waals surface area (Å²) in [6.07, 6.45) is 4.77. The van der Waals surface area contributed by atoms with Gasteiger partial charge >= 0.3 is 6.09 Å². The van der Waals surface area contributed by atoms with Gasteiger partial charge in [0.2, 0.25) is 0 Å². The van der Waals surface area contributed by atoms with E-state index in [0.717, 1.165) is 28.8 Å². The van der Waals surface area contributed by atoms with E-state index < -0.39 is 32.8 Å². The summed E-state index contributed by atoms with van der Waals surface area (Å²) in [6.45, 7) is 5.43. The molecule has 10 nitrogen and oxygen atoms in total. The number of hydrogen-bond donors (Lipinski definition) is 1. The van der Waals surface area contributed by atoms with Crippen molar-refractivity contribution < 1.29 is 17.9 Å². The van der Waals surface area contributed by atoms with Crippen LogP contribution in [0.4, 0.5) is 10.6 Å². The highest BCUT2D eigenvalue weighted by molar-refractivity contribution is 7.92. The molecule has 2 fully saturated rings. The van der Waals surface area contributed by atoms with Crippen LogP contribution in [0.3, 0.4) is 0 Å². The fourth-order valence-electron chi connectivity index (χ4n) is 6.68. The Balaban J connectivity index is 1.29. The van der Waals surface area contributed by atoms with Crippen molar-refractivity contribution in [2.45, 2.75) is 73.8 Å². The first-order valence-corrected chi connectivity index (χ1v) is 15.0. The smallest absolute Gasteiger partial charge is 0.410 e. The van der Waals surface area contributed by atoms with Gasteiger partial charge in [0.25, 0.3) is 0 Å². The van der Waals surface area contributed by atoms with E-state index in [-0.39, 0.29) is 22.7 Å². The van der Waals surface area contributed by atoms with Crippen LogP contribution in [0.15, 0.2) is 59.8 Å². The summed E-state index contributed by atoms with van der Waals surface area (Å²) < 4.78 is 35.1. The Bertz CT molecular complexity index is 1760. The highest BCUT2D eigenvalue weighted by atomic mass is 32.2. The lowest BCUT2D eigenvalue weighted by molar-refractivity contribution is 0.00669. The van der Waals surface area contributed by atoms with Gasteiger partial charge in [-0.05, 0) is 46.1 Å². The van der Waals surface area contributed by atoms with Gasteiger partial charge in [-0.1, -0.05) is 36.4 Å². The monoisotopic (exact) mass is 558 g/mol. The molecule has 0 spiro atoms. The number of piperidine rings is 1. The van der Waals surface area contributed by atoms with Crippen LogP contribution in [-0.4, -0.2) is 61.9 Å². The first-order valence-electron chi connectivity index (χ1n) is 13.5. The Labute approximate surface area is 232 Å². The van der Waals surface area contributed by atoms with Crippen molar-refractivity contribution in [2.24, 2.45) is 0 Å². The zero-order valence-electron chi connectivity index (χ0n) is 22.5. The predicted octanol–water partition coefficient (Wildman–Crippen LogP) is 4.45. The number of fused-ring (bicyclic) bond motifs is 7. The molecule has 1 amide bonds. The maximum atomic E-state index is 14.0. The average molecular weight is 559 g/mol. The third kappa shape index (κ3) is 3.63. The molecule has 11 heteroatoms. The lowest BCUT2D eigenvalue weighted by Gasteiger charge is -2.41. The molecular weight excluding hydrogens is 528 g/mol. The fraction of sp³-hybridized carbons (Fsp3) is 0.379. The van der Waals surface area contributed by atoms with Crippen LogP contribution in [0.2, 0.25) is 0 Å². The molecule has 2 N–H and O–H groups in total. The van der Waals surface area contributed by atoms with E-state index in [1.165, 1.54) is 4.52 Å². The van der Waals surface area contributed by atoms with Crippen molar-refractivity contribution in [2.75, 3.05) is 5.73 Å². The first-order chi connectivity index (χ1) is 19.0. The van der Waals surface area contributed by atoms with E-state index in [1.807, 2.05) is 63.2 Å². The van der Waals surface area contributed by atoms with Gasteiger partial charge in [0.15, 0.2) is 15.5 Å². The number of benzene rings is 1. The van der Waals surface area contributed by atoms with E-state index in [1.54, 1.807) is 17.3 Å². The molecule has 7 rings (SSSR count). The molecule has 4 unspecified atom stereocenters. The minimum absolute atomic E-state index is 0.0406. The van der Waals surface area contributed by atoms with Crippen molar-refractivity contribution in [3.05, 3.63) is 60.6 Å². The molecule has 2 saturated heterocycles. The lowest BCUT2D eigenvalue weighted by Crippen LogP contribution is -2.55. The van der Waals surface area contributed by atoms with Crippen molar-refractivity contribution in [1.29, 1.82) is 0 Å².